The van der Waals surface area contributed by atoms with E-state index in [0.29, 0.717) is 27.0 Å². The topological polar surface area (TPSA) is 15.3 Å². The Hall–Kier alpha value is 0.590. The summed E-state index contributed by atoms with van der Waals surface area (Å²) in [6.45, 7) is 4.19. The highest BCUT2D eigenvalue weighted by atomic mass is 35.5. The Balaban J connectivity index is 0.00000110. The van der Waals surface area contributed by atoms with Crippen LogP contribution in [0.1, 0.15) is 24.4 Å². The van der Waals surface area contributed by atoms with Crippen LogP contribution in [0.5, 0.6) is 0 Å². The van der Waals surface area contributed by atoms with Gasteiger partial charge in [-0.1, -0.05) is 34.8 Å². The number of rotatable bonds is 3. The van der Waals surface area contributed by atoms with E-state index in [0.717, 1.165) is 31.7 Å². The van der Waals surface area contributed by atoms with Crippen LogP contribution in [0.25, 0.3) is 0 Å². The fraction of sp³-hybridized carbons (Fsp3) is 0.571. The number of nitrogens with zero attached hydrogens (tertiary/aromatic N) is 1. The summed E-state index contributed by atoms with van der Waals surface area (Å²) in [5.74, 6) is 0.699. The number of halogens is 5. The number of piperazine rings is 1. The van der Waals surface area contributed by atoms with Crippen LogP contribution in [-0.2, 0) is 0 Å². The molecule has 0 spiro atoms. The minimum absolute atomic E-state index is 0. The zero-order valence-electron chi connectivity index (χ0n) is 11.4. The smallest absolute Gasteiger partial charge is 0.0641 e. The van der Waals surface area contributed by atoms with Gasteiger partial charge in [0.1, 0.15) is 0 Å². The molecule has 0 unspecified atom stereocenters. The molecule has 7 heteroatoms. The Morgan fingerprint density at radius 3 is 2.24 bits per heavy atom. The Morgan fingerprint density at radius 2 is 1.67 bits per heavy atom. The first kappa shape index (κ1) is 19.6. The molecule has 1 heterocycles. The molecule has 0 aromatic heterocycles. The Labute approximate surface area is 153 Å². The lowest BCUT2D eigenvalue weighted by atomic mass is 9.99. The van der Waals surface area contributed by atoms with Crippen LogP contribution in [0.15, 0.2) is 12.1 Å². The molecule has 1 saturated heterocycles. The fourth-order valence-corrected chi connectivity index (χ4v) is 3.64. The van der Waals surface area contributed by atoms with Gasteiger partial charge in [-0.2, -0.15) is 0 Å². The summed E-state index contributed by atoms with van der Waals surface area (Å²) in [6.07, 6.45) is 2.55. The molecule has 120 valence electrons. The summed E-state index contributed by atoms with van der Waals surface area (Å²) in [5.41, 5.74) is 1.10. The van der Waals surface area contributed by atoms with Crippen LogP contribution in [0.4, 0.5) is 0 Å². The average Bonchev–Trinajstić information content (AvgIpc) is 3.21. The van der Waals surface area contributed by atoms with Crippen molar-refractivity contribution in [2.45, 2.75) is 18.9 Å². The van der Waals surface area contributed by atoms with Crippen molar-refractivity contribution in [3.63, 3.8) is 0 Å². The monoisotopic (exact) mass is 390 g/mol. The maximum absolute atomic E-state index is 6.42. The summed E-state index contributed by atoms with van der Waals surface area (Å²) in [5, 5.41) is 5.29. The first-order valence-corrected chi connectivity index (χ1v) is 7.89. The second-order valence-electron chi connectivity index (χ2n) is 5.36. The number of benzene rings is 1. The highest BCUT2D eigenvalue weighted by Crippen LogP contribution is 2.48. The van der Waals surface area contributed by atoms with E-state index in [1.165, 1.54) is 12.8 Å². The van der Waals surface area contributed by atoms with Gasteiger partial charge in [0.15, 0.2) is 0 Å². The van der Waals surface area contributed by atoms with Crippen molar-refractivity contribution in [2.75, 3.05) is 26.2 Å². The summed E-state index contributed by atoms with van der Waals surface area (Å²) in [4.78, 5) is 2.52. The third-order valence-corrected chi connectivity index (χ3v) is 4.99. The van der Waals surface area contributed by atoms with E-state index in [1.807, 2.05) is 6.07 Å². The molecule has 1 atom stereocenters. The van der Waals surface area contributed by atoms with Gasteiger partial charge in [0.2, 0.25) is 0 Å². The minimum atomic E-state index is 0. The van der Waals surface area contributed by atoms with Gasteiger partial charge in [-0.05, 0) is 36.5 Å². The van der Waals surface area contributed by atoms with Crippen LogP contribution in [-0.4, -0.2) is 31.1 Å². The minimum Gasteiger partial charge on any atom is -0.314 e. The lowest BCUT2D eigenvalue weighted by Gasteiger charge is -2.36. The van der Waals surface area contributed by atoms with Gasteiger partial charge in [0.25, 0.3) is 0 Å². The fourth-order valence-electron chi connectivity index (χ4n) is 2.91. The van der Waals surface area contributed by atoms with Gasteiger partial charge in [-0.3, -0.25) is 4.90 Å². The highest BCUT2D eigenvalue weighted by molar-refractivity contribution is 6.43. The molecule has 3 rings (SSSR count). The normalized spacial score (nSPS) is 20.3. The predicted molar refractivity (Wildman–Crippen MR) is 95.9 cm³/mol. The lowest BCUT2D eigenvalue weighted by Crippen LogP contribution is -2.45. The van der Waals surface area contributed by atoms with E-state index in [1.54, 1.807) is 6.07 Å². The number of nitrogens with one attached hydrogen (secondary N) is 1. The summed E-state index contributed by atoms with van der Waals surface area (Å²) >= 11 is 18.8. The Morgan fingerprint density at radius 1 is 1.05 bits per heavy atom. The van der Waals surface area contributed by atoms with Gasteiger partial charge in [-0.15, -0.1) is 24.8 Å². The van der Waals surface area contributed by atoms with Crippen molar-refractivity contribution in [1.82, 2.24) is 10.2 Å². The molecular weight excluding hydrogens is 373 g/mol. The van der Waals surface area contributed by atoms with Gasteiger partial charge in [-0.25, -0.2) is 0 Å². The first-order chi connectivity index (χ1) is 9.16. The van der Waals surface area contributed by atoms with Crippen molar-refractivity contribution < 1.29 is 0 Å². The highest BCUT2D eigenvalue weighted by Gasteiger charge is 2.38. The molecule has 0 radical (unpaired) electrons. The largest absolute Gasteiger partial charge is 0.314 e. The Bertz CT molecular complexity index is 473. The average molecular weight is 393 g/mol. The number of hydrogen-bond donors (Lipinski definition) is 1. The zero-order valence-corrected chi connectivity index (χ0v) is 15.4. The van der Waals surface area contributed by atoms with Crippen molar-refractivity contribution in [3.8, 4) is 0 Å². The second kappa shape index (κ2) is 8.44. The van der Waals surface area contributed by atoms with E-state index in [4.69, 9.17) is 34.8 Å². The molecule has 1 aromatic carbocycles. The van der Waals surface area contributed by atoms with E-state index in [9.17, 15) is 0 Å². The standard InChI is InChI=1S/C14H17Cl3N2.2ClH/c15-10-7-11(13(17)12(16)8-10)14(9-1-2-9)19-5-3-18-4-6-19;;/h7-9,14,18H,1-6H2;2*1H/t14-;;/m1../s1. The van der Waals surface area contributed by atoms with Crippen LogP contribution in [0, 0.1) is 5.92 Å². The SMILES string of the molecule is Cl.Cl.Clc1cc(Cl)c(Cl)c([C@@H](C2CC2)N2CCNCC2)c1. The van der Waals surface area contributed by atoms with E-state index >= 15 is 0 Å². The first-order valence-electron chi connectivity index (χ1n) is 6.76. The number of hydrogen-bond acceptors (Lipinski definition) is 2. The zero-order chi connectivity index (χ0) is 13.4. The quantitative estimate of drug-likeness (QED) is 0.740. The molecule has 1 aromatic rings. The molecule has 1 saturated carbocycles. The van der Waals surface area contributed by atoms with Gasteiger partial charge < -0.3 is 5.32 Å². The summed E-state index contributed by atoms with van der Waals surface area (Å²) < 4.78 is 0. The molecule has 1 aliphatic carbocycles. The van der Waals surface area contributed by atoms with Gasteiger partial charge in [0, 0.05) is 37.2 Å². The van der Waals surface area contributed by atoms with Crippen LogP contribution in [0.3, 0.4) is 0 Å². The lowest BCUT2D eigenvalue weighted by molar-refractivity contribution is 0.156. The van der Waals surface area contributed by atoms with Gasteiger partial charge in [0.05, 0.1) is 10.0 Å². The van der Waals surface area contributed by atoms with Crippen LogP contribution < -0.4 is 5.32 Å². The third kappa shape index (κ3) is 4.54. The van der Waals surface area contributed by atoms with E-state index < -0.39 is 0 Å². The van der Waals surface area contributed by atoms with E-state index in [2.05, 4.69) is 10.2 Å². The summed E-state index contributed by atoms with van der Waals surface area (Å²) in [6, 6.07) is 4.07. The van der Waals surface area contributed by atoms with Crippen LogP contribution in [0.2, 0.25) is 15.1 Å². The van der Waals surface area contributed by atoms with Crippen molar-refractivity contribution in [3.05, 3.63) is 32.8 Å². The Kier molecular flexibility index (Phi) is 7.90. The maximum Gasteiger partial charge on any atom is 0.0641 e. The molecule has 2 fully saturated rings. The van der Waals surface area contributed by atoms with Crippen molar-refractivity contribution in [1.29, 1.82) is 0 Å². The van der Waals surface area contributed by atoms with Crippen molar-refractivity contribution in [2.24, 2.45) is 5.92 Å². The molecular formula is C14H19Cl5N2. The van der Waals surface area contributed by atoms with Gasteiger partial charge >= 0.3 is 0 Å². The van der Waals surface area contributed by atoms with Crippen LogP contribution >= 0.6 is 59.6 Å². The predicted octanol–water partition coefficient (Wildman–Crippen LogP) is 4.85. The van der Waals surface area contributed by atoms with Crippen molar-refractivity contribution >= 4 is 59.6 Å². The maximum atomic E-state index is 6.42. The third-order valence-electron chi connectivity index (χ3n) is 3.95. The molecule has 1 N–H and O–H groups in total. The summed E-state index contributed by atoms with van der Waals surface area (Å²) in [7, 11) is 0. The second-order valence-corrected chi connectivity index (χ2v) is 6.58. The molecule has 2 nitrogen and oxygen atoms in total. The van der Waals surface area contributed by atoms with E-state index in [-0.39, 0.29) is 24.8 Å². The molecule has 2 aliphatic rings. The molecule has 0 bridgehead atoms. The molecule has 0 amide bonds. The molecule has 1 aliphatic heterocycles. The molecule has 21 heavy (non-hydrogen) atoms.